The molecule has 0 amide bonds. The highest BCUT2D eigenvalue weighted by atomic mass is 16.4. The van der Waals surface area contributed by atoms with Crippen molar-refractivity contribution in [3.8, 4) is 0 Å². The van der Waals surface area contributed by atoms with E-state index in [0.29, 0.717) is 5.71 Å². The molecule has 0 spiro atoms. The highest BCUT2D eigenvalue weighted by Crippen LogP contribution is 2.28. The van der Waals surface area contributed by atoms with Gasteiger partial charge >= 0.3 is 0 Å². The lowest BCUT2D eigenvalue weighted by Crippen LogP contribution is -2.38. The lowest BCUT2D eigenvalue weighted by molar-refractivity contribution is 0.0668. The van der Waals surface area contributed by atoms with Crippen molar-refractivity contribution in [3.63, 3.8) is 0 Å². The maximum atomic E-state index is 9.85. The zero-order valence-corrected chi connectivity index (χ0v) is 6.88. The summed E-state index contributed by atoms with van der Waals surface area (Å²) in [6.07, 6.45) is 4.72. The third-order valence-electron chi connectivity index (χ3n) is 2.50. The molecule has 0 aromatic carbocycles. The molecule has 1 rings (SSSR count). The van der Waals surface area contributed by atoms with Crippen LogP contribution >= 0.6 is 0 Å². The van der Waals surface area contributed by atoms with Crippen LogP contribution in [0.15, 0.2) is 5.16 Å². The predicted molar refractivity (Wildman–Crippen MR) is 42.9 cm³/mol. The van der Waals surface area contributed by atoms with E-state index in [0.717, 1.165) is 25.7 Å². The van der Waals surface area contributed by atoms with Crippen molar-refractivity contribution in [1.29, 1.82) is 0 Å². The summed E-state index contributed by atoms with van der Waals surface area (Å²) in [5.74, 6) is 0. The van der Waals surface area contributed by atoms with Crippen LogP contribution in [0.5, 0.6) is 0 Å². The van der Waals surface area contributed by atoms with Gasteiger partial charge in [0.2, 0.25) is 0 Å². The topological polar surface area (TPSA) is 52.8 Å². The van der Waals surface area contributed by atoms with Crippen LogP contribution < -0.4 is 0 Å². The largest absolute Gasteiger partial charge is 0.411 e. The van der Waals surface area contributed by atoms with Gasteiger partial charge in [0.25, 0.3) is 0 Å². The summed E-state index contributed by atoms with van der Waals surface area (Å²) in [6, 6.07) is 0. The van der Waals surface area contributed by atoms with Crippen LogP contribution in [0.4, 0.5) is 0 Å². The Morgan fingerprint density at radius 1 is 1.27 bits per heavy atom. The zero-order chi connectivity index (χ0) is 8.32. The molecule has 64 valence electrons. The van der Waals surface area contributed by atoms with Crippen LogP contribution in [0.2, 0.25) is 0 Å². The standard InChI is InChI=1S/C8H15NO2/c1-7(9-11)8(10)5-3-2-4-6-8/h10-11H,2-6H2,1H3/b9-7-. The normalized spacial score (nSPS) is 25.1. The average Bonchev–Trinajstić information content (AvgIpc) is 2.04. The van der Waals surface area contributed by atoms with Crippen LogP contribution in [0.3, 0.4) is 0 Å². The monoisotopic (exact) mass is 157 g/mol. The van der Waals surface area contributed by atoms with Gasteiger partial charge in [-0.1, -0.05) is 24.4 Å². The van der Waals surface area contributed by atoms with Gasteiger partial charge in [0.1, 0.15) is 5.60 Å². The van der Waals surface area contributed by atoms with Crippen LogP contribution in [-0.2, 0) is 0 Å². The van der Waals surface area contributed by atoms with Gasteiger partial charge in [0.05, 0.1) is 5.71 Å². The Morgan fingerprint density at radius 3 is 2.27 bits per heavy atom. The molecule has 0 heterocycles. The Balaban J connectivity index is 2.64. The van der Waals surface area contributed by atoms with E-state index >= 15 is 0 Å². The second kappa shape index (κ2) is 3.22. The number of aliphatic hydroxyl groups is 1. The van der Waals surface area contributed by atoms with E-state index in [1.807, 2.05) is 0 Å². The Hall–Kier alpha value is -0.570. The van der Waals surface area contributed by atoms with Gasteiger partial charge in [0.15, 0.2) is 0 Å². The van der Waals surface area contributed by atoms with Crippen molar-refractivity contribution in [2.75, 3.05) is 0 Å². The molecule has 0 atom stereocenters. The molecule has 2 N–H and O–H groups in total. The number of hydrogen-bond acceptors (Lipinski definition) is 3. The van der Waals surface area contributed by atoms with Gasteiger partial charge in [-0.2, -0.15) is 0 Å². The van der Waals surface area contributed by atoms with Gasteiger partial charge in [-0.25, -0.2) is 0 Å². The fourth-order valence-electron chi connectivity index (χ4n) is 1.59. The third kappa shape index (κ3) is 1.71. The SMILES string of the molecule is C/C(=N/O)C1(O)CCCCC1. The fourth-order valence-corrected chi connectivity index (χ4v) is 1.59. The van der Waals surface area contributed by atoms with E-state index < -0.39 is 5.60 Å². The lowest BCUT2D eigenvalue weighted by atomic mass is 9.82. The van der Waals surface area contributed by atoms with Crippen molar-refractivity contribution in [2.24, 2.45) is 5.16 Å². The summed E-state index contributed by atoms with van der Waals surface area (Å²) >= 11 is 0. The number of oxime groups is 1. The molecule has 0 unspecified atom stereocenters. The minimum absolute atomic E-state index is 0.456. The van der Waals surface area contributed by atoms with E-state index in [2.05, 4.69) is 5.16 Å². The van der Waals surface area contributed by atoms with Gasteiger partial charge in [-0.3, -0.25) is 0 Å². The minimum Gasteiger partial charge on any atom is -0.411 e. The second-order valence-corrected chi connectivity index (χ2v) is 3.28. The van der Waals surface area contributed by atoms with Crippen molar-refractivity contribution < 1.29 is 10.3 Å². The summed E-state index contributed by atoms with van der Waals surface area (Å²) in [5, 5.41) is 21.4. The first-order valence-electron chi connectivity index (χ1n) is 4.10. The van der Waals surface area contributed by atoms with E-state index in [9.17, 15) is 5.11 Å². The smallest absolute Gasteiger partial charge is 0.106 e. The van der Waals surface area contributed by atoms with E-state index in [-0.39, 0.29) is 0 Å². The molecule has 0 radical (unpaired) electrons. The van der Waals surface area contributed by atoms with E-state index in [1.165, 1.54) is 6.42 Å². The molecule has 3 heteroatoms. The molecule has 1 saturated carbocycles. The maximum Gasteiger partial charge on any atom is 0.106 e. The molecule has 1 aliphatic rings. The van der Waals surface area contributed by atoms with Crippen molar-refractivity contribution in [3.05, 3.63) is 0 Å². The van der Waals surface area contributed by atoms with Crippen LogP contribution in [0.25, 0.3) is 0 Å². The first-order valence-corrected chi connectivity index (χ1v) is 4.10. The predicted octanol–water partition coefficient (Wildman–Crippen LogP) is 1.53. The summed E-state index contributed by atoms with van der Waals surface area (Å²) < 4.78 is 0. The number of rotatable bonds is 1. The van der Waals surface area contributed by atoms with E-state index in [1.54, 1.807) is 6.92 Å². The number of hydrogen-bond donors (Lipinski definition) is 2. The highest BCUT2D eigenvalue weighted by molar-refractivity contribution is 5.89. The molecule has 1 fully saturated rings. The molecule has 0 aromatic rings. The van der Waals surface area contributed by atoms with Gasteiger partial charge in [-0.15, -0.1) is 0 Å². The summed E-state index contributed by atoms with van der Waals surface area (Å²) in [4.78, 5) is 0. The van der Waals surface area contributed by atoms with Gasteiger partial charge in [-0.05, 0) is 19.8 Å². The fraction of sp³-hybridized carbons (Fsp3) is 0.875. The van der Waals surface area contributed by atoms with E-state index in [4.69, 9.17) is 5.21 Å². The Kier molecular flexibility index (Phi) is 2.49. The number of nitrogens with zero attached hydrogens (tertiary/aromatic N) is 1. The minimum atomic E-state index is -0.812. The van der Waals surface area contributed by atoms with Crippen molar-refractivity contribution in [2.45, 2.75) is 44.6 Å². The van der Waals surface area contributed by atoms with Crippen molar-refractivity contribution in [1.82, 2.24) is 0 Å². The van der Waals surface area contributed by atoms with Gasteiger partial charge < -0.3 is 10.3 Å². The summed E-state index contributed by atoms with van der Waals surface area (Å²) in [6.45, 7) is 1.67. The highest BCUT2D eigenvalue weighted by Gasteiger charge is 2.32. The zero-order valence-electron chi connectivity index (χ0n) is 6.88. The molecule has 0 aromatic heterocycles. The lowest BCUT2D eigenvalue weighted by Gasteiger charge is -2.30. The molecule has 0 aliphatic heterocycles. The van der Waals surface area contributed by atoms with Crippen molar-refractivity contribution >= 4 is 5.71 Å². The Bertz CT molecular complexity index is 159. The molecule has 0 bridgehead atoms. The molecule has 11 heavy (non-hydrogen) atoms. The molecular formula is C8H15NO2. The molecule has 3 nitrogen and oxygen atoms in total. The average molecular weight is 157 g/mol. The third-order valence-corrected chi connectivity index (χ3v) is 2.50. The summed E-state index contributed by atoms with van der Waals surface area (Å²) in [5.41, 5.74) is -0.357. The molecular weight excluding hydrogens is 142 g/mol. The van der Waals surface area contributed by atoms with Gasteiger partial charge in [0, 0.05) is 0 Å². The quantitative estimate of drug-likeness (QED) is 0.344. The molecule has 0 saturated heterocycles. The summed E-state index contributed by atoms with van der Waals surface area (Å²) in [7, 11) is 0. The Labute approximate surface area is 66.7 Å². The molecule has 1 aliphatic carbocycles. The maximum absolute atomic E-state index is 9.85. The van der Waals surface area contributed by atoms with Crippen LogP contribution in [0.1, 0.15) is 39.0 Å². The van der Waals surface area contributed by atoms with Crippen LogP contribution in [0, 0.1) is 0 Å². The second-order valence-electron chi connectivity index (χ2n) is 3.28. The first-order chi connectivity index (χ1) is 5.19. The van der Waals surface area contributed by atoms with Crippen LogP contribution in [-0.4, -0.2) is 21.6 Å². The Morgan fingerprint density at radius 2 is 1.82 bits per heavy atom. The first kappa shape index (κ1) is 8.53.